The van der Waals surface area contributed by atoms with E-state index in [2.05, 4.69) is 27.4 Å². The first-order valence-corrected chi connectivity index (χ1v) is 8.74. The van der Waals surface area contributed by atoms with Crippen molar-refractivity contribution in [3.05, 3.63) is 12.5 Å². The van der Waals surface area contributed by atoms with E-state index in [4.69, 9.17) is 9.47 Å². The third-order valence-corrected chi connectivity index (χ3v) is 5.16. The van der Waals surface area contributed by atoms with Gasteiger partial charge in [0.2, 0.25) is 0 Å². The van der Waals surface area contributed by atoms with Gasteiger partial charge in [-0.3, -0.25) is 0 Å². The summed E-state index contributed by atoms with van der Waals surface area (Å²) in [6.07, 6.45) is 3.49. The first-order valence-electron chi connectivity index (χ1n) is 8.74. The SMILES string of the molecule is C=C(O)N(CC(C)O)CC1COC2(CCC(C(C)(C)C)CC2)O1. The van der Waals surface area contributed by atoms with Crippen LogP contribution in [0.4, 0.5) is 0 Å². The van der Waals surface area contributed by atoms with Crippen LogP contribution in [-0.4, -0.2) is 52.8 Å². The highest BCUT2D eigenvalue weighted by Gasteiger charge is 2.46. The summed E-state index contributed by atoms with van der Waals surface area (Å²) < 4.78 is 12.2. The van der Waals surface area contributed by atoms with E-state index in [1.54, 1.807) is 11.8 Å². The van der Waals surface area contributed by atoms with Gasteiger partial charge in [-0.05, 0) is 37.7 Å². The minimum atomic E-state index is -0.530. The summed E-state index contributed by atoms with van der Waals surface area (Å²) in [5.41, 5.74) is 0.336. The molecular weight excluding hydrogens is 294 g/mol. The van der Waals surface area contributed by atoms with Crippen molar-refractivity contribution in [2.75, 3.05) is 19.7 Å². The molecule has 1 aliphatic heterocycles. The fourth-order valence-corrected chi connectivity index (χ4v) is 3.74. The van der Waals surface area contributed by atoms with E-state index in [0.717, 1.165) is 25.7 Å². The molecule has 1 heterocycles. The highest BCUT2D eigenvalue weighted by Crippen LogP contribution is 2.45. The molecule has 2 atom stereocenters. The molecule has 5 nitrogen and oxygen atoms in total. The largest absolute Gasteiger partial charge is 0.495 e. The molecule has 1 saturated heterocycles. The number of hydrogen-bond acceptors (Lipinski definition) is 5. The molecule has 0 radical (unpaired) electrons. The summed E-state index contributed by atoms with van der Waals surface area (Å²) in [5, 5.41) is 19.2. The third kappa shape index (κ3) is 4.85. The molecule has 0 aromatic carbocycles. The smallest absolute Gasteiger partial charge is 0.179 e. The van der Waals surface area contributed by atoms with Crippen molar-refractivity contribution in [2.24, 2.45) is 11.3 Å². The fraction of sp³-hybridized carbons (Fsp3) is 0.889. The summed E-state index contributed by atoms with van der Waals surface area (Å²) in [6, 6.07) is 0. The number of nitrogens with zero attached hydrogens (tertiary/aromatic N) is 1. The van der Waals surface area contributed by atoms with Crippen LogP contribution in [0.3, 0.4) is 0 Å². The molecule has 1 aliphatic carbocycles. The van der Waals surface area contributed by atoms with Gasteiger partial charge < -0.3 is 24.6 Å². The van der Waals surface area contributed by atoms with Crippen LogP contribution in [0.25, 0.3) is 0 Å². The standard InChI is InChI=1S/C18H33NO4/c1-13(20)10-19(14(2)21)11-16-12-22-18(23-16)8-6-15(7-9-18)17(3,4)5/h13,15-16,20-21H,2,6-12H2,1,3-5H3. The lowest BCUT2D eigenvalue weighted by atomic mass is 9.71. The van der Waals surface area contributed by atoms with Crippen molar-refractivity contribution >= 4 is 0 Å². The van der Waals surface area contributed by atoms with E-state index >= 15 is 0 Å². The molecule has 0 aromatic heterocycles. The molecule has 0 amide bonds. The van der Waals surface area contributed by atoms with Gasteiger partial charge in [-0.2, -0.15) is 0 Å². The van der Waals surface area contributed by atoms with E-state index < -0.39 is 11.9 Å². The van der Waals surface area contributed by atoms with E-state index in [0.29, 0.717) is 31.0 Å². The van der Waals surface area contributed by atoms with Crippen LogP contribution in [0, 0.1) is 11.3 Å². The fourth-order valence-electron chi connectivity index (χ4n) is 3.74. The first-order chi connectivity index (χ1) is 10.6. The van der Waals surface area contributed by atoms with Gasteiger partial charge >= 0.3 is 0 Å². The molecular formula is C18H33NO4. The van der Waals surface area contributed by atoms with Gasteiger partial charge in [0.15, 0.2) is 11.7 Å². The lowest BCUT2D eigenvalue weighted by Crippen LogP contribution is -2.41. The molecule has 2 fully saturated rings. The van der Waals surface area contributed by atoms with Crippen molar-refractivity contribution < 1.29 is 19.7 Å². The van der Waals surface area contributed by atoms with Crippen LogP contribution in [0.1, 0.15) is 53.4 Å². The molecule has 5 heteroatoms. The molecule has 1 saturated carbocycles. The number of aliphatic hydroxyl groups excluding tert-OH is 2. The Morgan fingerprint density at radius 2 is 1.96 bits per heavy atom. The van der Waals surface area contributed by atoms with Crippen LogP contribution >= 0.6 is 0 Å². The third-order valence-electron chi connectivity index (χ3n) is 5.16. The minimum Gasteiger partial charge on any atom is -0.495 e. The minimum absolute atomic E-state index is 0.0353. The number of aliphatic hydroxyl groups is 2. The highest BCUT2D eigenvalue weighted by atomic mass is 16.7. The monoisotopic (exact) mass is 327 g/mol. The van der Waals surface area contributed by atoms with Crippen LogP contribution in [-0.2, 0) is 9.47 Å². The van der Waals surface area contributed by atoms with Gasteiger partial charge in [-0.15, -0.1) is 0 Å². The van der Waals surface area contributed by atoms with Gasteiger partial charge in [0, 0.05) is 25.9 Å². The first kappa shape index (κ1) is 18.6. The number of rotatable bonds is 5. The predicted octanol–water partition coefficient (Wildman–Crippen LogP) is 3.05. The number of hydrogen-bond donors (Lipinski definition) is 2. The Morgan fingerprint density at radius 3 is 2.43 bits per heavy atom. The molecule has 2 N–H and O–H groups in total. The zero-order valence-electron chi connectivity index (χ0n) is 15.0. The Labute approximate surface area is 140 Å². The second-order valence-electron chi connectivity index (χ2n) is 8.27. The zero-order chi connectivity index (χ0) is 17.3. The van der Waals surface area contributed by atoms with Gasteiger partial charge in [0.25, 0.3) is 0 Å². The molecule has 23 heavy (non-hydrogen) atoms. The lowest BCUT2D eigenvalue weighted by Gasteiger charge is -2.41. The summed E-state index contributed by atoms with van der Waals surface area (Å²) in [5.74, 6) is 0.231. The summed E-state index contributed by atoms with van der Waals surface area (Å²) >= 11 is 0. The van der Waals surface area contributed by atoms with Crippen LogP contribution in [0.5, 0.6) is 0 Å². The molecule has 2 rings (SSSR count). The van der Waals surface area contributed by atoms with Crippen LogP contribution < -0.4 is 0 Å². The van der Waals surface area contributed by atoms with Crippen LogP contribution in [0.15, 0.2) is 12.5 Å². The molecule has 0 aromatic rings. The molecule has 2 unspecified atom stereocenters. The quantitative estimate of drug-likeness (QED) is 0.760. The predicted molar refractivity (Wildman–Crippen MR) is 90.0 cm³/mol. The Balaban J connectivity index is 1.87. The van der Waals surface area contributed by atoms with E-state index in [1.807, 2.05) is 0 Å². The van der Waals surface area contributed by atoms with Gasteiger partial charge in [-0.25, -0.2) is 0 Å². The number of ether oxygens (including phenoxy) is 2. The normalized spacial score (nSPS) is 32.9. The molecule has 0 bridgehead atoms. The van der Waals surface area contributed by atoms with Gasteiger partial charge in [0.05, 0.1) is 12.7 Å². The highest BCUT2D eigenvalue weighted by molar-refractivity contribution is 4.91. The Morgan fingerprint density at radius 1 is 1.35 bits per heavy atom. The van der Waals surface area contributed by atoms with E-state index in [1.165, 1.54) is 0 Å². The van der Waals surface area contributed by atoms with E-state index in [-0.39, 0.29) is 12.0 Å². The van der Waals surface area contributed by atoms with Crippen molar-refractivity contribution in [3.8, 4) is 0 Å². The second kappa shape index (κ2) is 6.99. The summed E-state index contributed by atoms with van der Waals surface area (Å²) in [6.45, 7) is 13.5. The van der Waals surface area contributed by atoms with E-state index in [9.17, 15) is 10.2 Å². The Hall–Kier alpha value is -0.780. The topological polar surface area (TPSA) is 62.2 Å². The van der Waals surface area contributed by atoms with Crippen molar-refractivity contribution in [1.82, 2.24) is 4.90 Å². The van der Waals surface area contributed by atoms with Gasteiger partial charge in [-0.1, -0.05) is 20.8 Å². The Bertz CT molecular complexity index is 408. The molecule has 2 aliphatic rings. The summed E-state index contributed by atoms with van der Waals surface area (Å²) in [7, 11) is 0. The molecule has 1 spiro atoms. The zero-order valence-corrected chi connectivity index (χ0v) is 15.0. The van der Waals surface area contributed by atoms with Crippen molar-refractivity contribution in [1.29, 1.82) is 0 Å². The second-order valence-corrected chi connectivity index (χ2v) is 8.27. The van der Waals surface area contributed by atoms with Crippen LogP contribution in [0.2, 0.25) is 0 Å². The maximum atomic E-state index is 9.67. The van der Waals surface area contributed by atoms with Crippen molar-refractivity contribution in [3.63, 3.8) is 0 Å². The summed E-state index contributed by atoms with van der Waals surface area (Å²) in [4.78, 5) is 1.65. The average molecular weight is 327 g/mol. The van der Waals surface area contributed by atoms with Gasteiger partial charge in [0.1, 0.15) is 6.10 Å². The maximum absolute atomic E-state index is 9.67. The average Bonchev–Trinajstić information content (AvgIpc) is 2.79. The molecule has 134 valence electrons. The maximum Gasteiger partial charge on any atom is 0.179 e. The lowest BCUT2D eigenvalue weighted by molar-refractivity contribution is -0.197. The Kier molecular flexibility index (Phi) is 5.64. The van der Waals surface area contributed by atoms with Crippen molar-refractivity contribution in [2.45, 2.75) is 71.4 Å².